The minimum Gasteiger partial charge on any atom is -0.297 e. The summed E-state index contributed by atoms with van der Waals surface area (Å²) < 4.78 is 0. The Morgan fingerprint density at radius 2 is 1.80 bits per heavy atom. The number of hydrogen-bond donors (Lipinski definition) is 1. The first-order valence-electron chi connectivity index (χ1n) is 7.51. The highest BCUT2D eigenvalue weighted by atomic mass is 35.5. The molecule has 0 spiro atoms. The number of benzene rings is 2. The molecule has 2 aromatic carbocycles. The highest BCUT2D eigenvalue weighted by Crippen LogP contribution is 2.15. The number of rotatable bonds is 4. The minimum atomic E-state index is -0.716. The second kappa shape index (κ2) is 8.08. The van der Waals surface area contributed by atoms with Crippen molar-refractivity contribution in [2.45, 2.75) is 0 Å². The molecule has 0 atom stereocenters. The number of amides is 1. The molecule has 0 radical (unpaired) electrons. The van der Waals surface area contributed by atoms with Crippen LogP contribution >= 0.6 is 11.6 Å². The zero-order valence-corrected chi connectivity index (χ0v) is 13.9. The molecule has 3 rings (SSSR count). The molecule has 0 saturated heterocycles. The van der Waals surface area contributed by atoms with Gasteiger partial charge in [-0.05, 0) is 30.3 Å². The Labute approximate surface area is 149 Å². The maximum Gasteiger partial charge on any atom is 0.437 e. The molecule has 124 valence electrons. The number of halogens is 1. The molecule has 25 heavy (non-hydrogen) atoms. The third-order valence-corrected chi connectivity index (χ3v) is 3.48. The van der Waals surface area contributed by atoms with Crippen molar-refractivity contribution in [3.63, 3.8) is 0 Å². The SMILES string of the molecule is O=C(Nc1cccc(Cl)c1)O/N=C(\c1ccccc1)c1ccccn1. The number of anilines is 1. The maximum atomic E-state index is 12.0. The Morgan fingerprint density at radius 1 is 1.00 bits per heavy atom. The molecule has 0 unspecified atom stereocenters. The largest absolute Gasteiger partial charge is 0.437 e. The standard InChI is InChI=1S/C19H14ClN3O2/c20-15-9-6-10-16(13-15)22-19(24)25-23-18(14-7-2-1-3-8-14)17-11-4-5-12-21-17/h1-13H,(H,22,24)/b23-18+. The summed E-state index contributed by atoms with van der Waals surface area (Å²) in [6.45, 7) is 0. The fourth-order valence-corrected chi connectivity index (χ4v) is 2.33. The van der Waals surface area contributed by atoms with E-state index in [-0.39, 0.29) is 0 Å². The molecule has 0 saturated carbocycles. The van der Waals surface area contributed by atoms with Crippen molar-refractivity contribution in [3.05, 3.63) is 95.3 Å². The van der Waals surface area contributed by atoms with E-state index in [1.165, 1.54) is 0 Å². The Morgan fingerprint density at radius 3 is 2.52 bits per heavy atom. The Kier molecular flexibility index (Phi) is 5.39. The van der Waals surface area contributed by atoms with Crippen molar-refractivity contribution in [3.8, 4) is 0 Å². The Hall–Kier alpha value is -3.18. The molecule has 1 N–H and O–H groups in total. The van der Waals surface area contributed by atoms with Crippen LogP contribution < -0.4 is 5.32 Å². The number of aromatic nitrogens is 1. The lowest BCUT2D eigenvalue weighted by Gasteiger charge is -2.07. The summed E-state index contributed by atoms with van der Waals surface area (Å²) in [6, 6.07) is 21.6. The molecule has 1 aromatic heterocycles. The lowest BCUT2D eigenvalue weighted by molar-refractivity contribution is 0.166. The van der Waals surface area contributed by atoms with Crippen LogP contribution in [-0.4, -0.2) is 16.8 Å². The number of carbonyl (C=O) groups is 1. The molecule has 0 aliphatic heterocycles. The quantitative estimate of drug-likeness (QED) is 0.419. The van der Waals surface area contributed by atoms with E-state index >= 15 is 0 Å². The predicted molar refractivity (Wildman–Crippen MR) is 97.9 cm³/mol. The van der Waals surface area contributed by atoms with Gasteiger partial charge < -0.3 is 0 Å². The van der Waals surface area contributed by atoms with Gasteiger partial charge in [0.25, 0.3) is 0 Å². The summed E-state index contributed by atoms with van der Waals surface area (Å²) in [5.74, 6) is 0. The summed E-state index contributed by atoms with van der Waals surface area (Å²) >= 11 is 5.89. The van der Waals surface area contributed by atoms with E-state index in [4.69, 9.17) is 16.4 Å². The summed E-state index contributed by atoms with van der Waals surface area (Å²) in [4.78, 5) is 21.3. The number of hydrogen-bond acceptors (Lipinski definition) is 4. The summed E-state index contributed by atoms with van der Waals surface area (Å²) in [5.41, 5.74) is 2.37. The maximum absolute atomic E-state index is 12.0. The van der Waals surface area contributed by atoms with Gasteiger partial charge in [-0.15, -0.1) is 0 Å². The van der Waals surface area contributed by atoms with Gasteiger partial charge in [-0.2, -0.15) is 0 Å². The van der Waals surface area contributed by atoms with E-state index in [0.29, 0.717) is 22.1 Å². The van der Waals surface area contributed by atoms with Crippen molar-refractivity contribution < 1.29 is 9.63 Å². The van der Waals surface area contributed by atoms with Gasteiger partial charge in [0.1, 0.15) is 5.71 Å². The first kappa shape index (κ1) is 16.7. The molecule has 5 nitrogen and oxygen atoms in total. The van der Waals surface area contributed by atoms with Crippen LogP contribution in [0.3, 0.4) is 0 Å². The number of nitrogens with zero attached hydrogens (tertiary/aromatic N) is 2. The van der Waals surface area contributed by atoms with E-state index in [0.717, 1.165) is 5.56 Å². The van der Waals surface area contributed by atoms with E-state index in [9.17, 15) is 4.79 Å². The number of nitrogens with one attached hydrogen (secondary N) is 1. The predicted octanol–water partition coefficient (Wildman–Crippen LogP) is 4.74. The van der Waals surface area contributed by atoms with Crippen LogP contribution in [0.5, 0.6) is 0 Å². The number of oxime groups is 1. The van der Waals surface area contributed by atoms with Gasteiger partial charge in [0.2, 0.25) is 0 Å². The molecule has 6 heteroatoms. The summed E-state index contributed by atoms with van der Waals surface area (Å²) in [5, 5.41) is 7.07. The van der Waals surface area contributed by atoms with Gasteiger partial charge in [0, 0.05) is 22.5 Å². The van der Waals surface area contributed by atoms with Crippen LogP contribution in [0.15, 0.2) is 84.1 Å². The van der Waals surface area contributed by atoms with E-state index in [1.807, 2.05) is 36.4 Å². The van der Waals surface area contributed by atoms with Gasteiger partial charge >= 0.3 is 6.09 Å². The Bertz CT molecular complexity index is 842. The second-order valence-electron chi connectivity index (χ2n) is 5.03. The monoisotopic (exact) mass is 351 g/mol. The van der Waals surface area contributed by atoms with Crippen LogP contribution in [0.4, 0.5) is 10.5 Å². The first-order valence-corrected chi connectivity index (χ1v) is 7.88. The molecule has 0 fully saturated rings. The molecule has 0 bridgehead atoms. The average Bonchev–Trinajstić information content (AvgIpc) is 2.64. The topological polar surface area (TPSA) is 63.6 Å². The van der Waals surface area contributed by atoms with Crippen LogP contribution in [0.2, 0.25) is 5.02 Å². The van der Waals surface area contributed by atoms with Crippen molar-refractivity contribution in [2.75, 3.05) is 5.32 Å². The van der Waals surface area contributed by atoms with Crippen molar-refractivity contribution in [2.24, 2.45) is 5.16 Å². The van der Waals surface area contributed by atoms with Crippen molar-refractivity contribution in [1.29, 1.82) is 0 Å². The third kappa shape index (κ3) is 4.65. The first-order chi connectivity index (χ1) is 12.2. The zero-order valence-electron chi connectivity index (χ0n) is 13.1. The molecule has 3 aromatic rings. The van der Waals surface area contributed by atoms with Crippen LogP contribution in [0.25, 0.3) is 0 Å². The third-order valence-electron chi connectivity index (χ3n) is 3.25. The highest BCUT2D eigenvalue weighted by Gasteiger charge is 2.11. The normalized spacial score (nSPS) is 11.0. The smallest absolute Gasteiger partial charge is 0.297 e. The van der Waals surface area contributed by atoms with Crippen molar-refractivity contribution in [1.82, 2.24) is 4.98 Å². The molecule has 1 heterocycles. The molecule has 0 aliphatic carbocycles. The zero-order chi connectivity index (χ0) is 17.5. The summed E-state index contributed by atoms with van der Waals surface area (Å²) in [7, 11) is 0. The highest BCUT2D eigenvalue weighted by molar-refractivity contribution is 6.30. The Balaban J connectivity index is 1.80. The fourth-order valence-electron chi connectivity index (χ4n) is 2.14. The number of pyridine rings is 1. The van der Waals surface area contributed by atoms with Crippen LogP contribution in [0, 0.1) is 0 Å². The van der Waals surface area contributed by atoms with Gasteiger partial charge in [0.05, 0.1) is 5.69 Å². The number of carbonyl (C=O) groups excluding carboxylic acids is 1. The van der Waals surface area contributed by atoms with Gasteiger partial charge in [-0.25, -0.2) is 4.79 Å². The van der Waals surface area contributed by atoms with Crippen LogP contribution in [0.1, 0.15) is 11.3 Å². The minimum absolute atomic E-state index is 0.461. The lowest BCUT2D eigenvalue weighted by atomic mass is 10.1. The van der Waals surface area contributed by atoms with Crippen molar-refractivity contribution >= 4 is 29.1 Å². The van der Waals surface area contributed by atoms with Crippen LogP contribution in [-0.2, 0) is 4.84 Å². The summed E-state index contributed by atoms with van der Waals surface area (Å²) in [6.07, 6.45) is 0.937. The van der Waals surface area contributed by atoms with Gasteiger partial charge in [-0.1, -0.05) is 59.2 Å². The molecular weight excluding hydrogens is 338 g/mol. The van der Waals surface area contributed by atoms with E-state index in [2.05, 4.69) is 15.5 Å². The van der Waals surface area contributed by atoms with Gasteiger partial charge in [0.15, 0.2) is 0 Å². The molecular formula is C19H14ClN3O2. The van der Waals surface area contributed by atoms with E-state index < -0.39 is 6.09 Å². The molecule has 0 aliphatic rings. The second-order valence-corrected chi connectivity index (χ2v) is 5.47. The lowest BCUT2D eigenvalue weighted by Crippen LogP contribution is -2.13. The van der Waals surface area contributed by atoms with E-state index in [1.54, 1.807) is 42.6 Å². The average molecular weight is 352 g/mol. The molecule has 1 amide bonds. The van der Waals surface area contributed by atoms with Gasteiger partial charge in [-0.3, -0.25) is 15.1 Å². The fraction of sp³-hybridized carbons (Fsp3) is 0.